The highest BCUT2D eigenvalue weighted by Crippen LogP contribution is 2.21. The zero-order valence-corrected chi connectivity index (χ0v) is 13.1. The van der Waals surface area contributed by atoms with Crippen LogP contribution >= 0.6 is 0 Å². The van der Waals surface area contributed by atoms with E-state index in [4.69, 9.17) is 10.4 Å². The van der Waals surface area contributed by atoms with Gasteiger partial charge in [0.25, 0.3) is 10.0 Å². The SMILES string of the molecule is CB1OCc2ccc(NS(=O)(=O)c3ccccc3CN)cc21. The molecule has 5 nitrogen and oxygen atoms in total. The van der Waals surface area contributed by atoms with Gasteiger partial charge in [0.2, 0.25) is 0 Å². The van der Waals surface area contributed by atoms with Crippen molar-refractivity contribution in [3.8, 4) is 0 Å². The van der Waals surface area contributed by atoms with Crippen LogP contribution in [0.15, 0.2) is 47.4 Å². The standard InChI is InChI=1S/C15H17BN2O3S/c1-16-14-8-13(7-6-12(14)10-21-16)18-22(19,20)15-5-3-2-4-11(15)9-17/h2-8,18H,9-10,17H2,1H3. The normalized spacial score (nSPS) is 14.0. The van der Waals surface area contributed by atoms with Crippen molar-refractivity contribution < 1.29 is 13.1 Å². The maximum absolute atomic E-state index is 12.6. The van der Waals surface area contributed by atoms with E-state index in [1.54, 1.807) is 30.3 Å². The van der Waals surface area contributed by atoms with Gasteiger partial charge < -0.3 is 10.4 Å². The smallest absolute Gasteiger partial charge is 0.324 e. The summed E-state index contributed by atoms with van der Waals surface area (Å²) in [6.45, 7) is 2.68. The highest BCUT2D eigenvalue weighted by molar-refractivity contribution is 7.92. The molecule has 114 valence electrons. The van der Waals surface area contributed by atoms with E-state index in [0.717, 1.165) is 11.0 Å². The first-order valence-corrected chi connectivity index (χ1v) is 8.55. The maximum Gasteiger partial charge on any atom is 0.324 e. The van der Waals surface area contributed by atoms with Crippen LogP contribution in [-0.4, -0.2) is 15.3 Å². The summed E-state index contributed by atoms with van der Waals surface area (Å²) < 4.78 is 33.3. The van der Waals surface area contributed by atoms with Gasteiger partial charge in [-0.1, -0.05) is 31.1 Å². The predicted molar refractivity (Wildman–Crippen MR) is 87.6 cm³/mol. The molecule has 0 aliphatic carbocycles. The second-order valence-corrected chi connectivity index (χ2v) is 6.93. The predicted octanol–water partition coefficient (Wildman–Crippen LogP) is 1.30. The van der Waals surface area contributed by atoms with Crippen molar-refractivity contribution in [2.45, 2.75) is 24.9 Å². The molecular formula is C15H17BN2O3S. The number of anilines is 1. The van der Waals surface area contributed by atoms with E-state index in [1.807, 2.05) is 19.0 Å². The summed E-state index contributed by atoms with van der Waals surface area (Å²) in [7, 11) is -3.66. The van der Waals surface area contributed by atoms with Crippen LogP contribution in [0, 0.1) is 0 Å². The van der Waals surface area contributed by atoms with Crippen molar-refractivity contribution in [1.82, 2.24) is 0 Å². The average molecular weight is 316 g/mol. The van der Waals surface area contributed by atoms with Crippen molar-refractivity contribution in [1.29, 1.82) is 0 Å². The Kier molecular flexibility index (Phi) is 3.95. The van der Waals surface area contributed by atoms with Crippen molar-refractivity contribution in [2.24, 2.45) is 5.73 Å². The van der Waals surface area contributed by atoms with Crippen molar-refractivity contribution in [2.75, 3.05) is 4.72 Å². The van der Waals surface area contributed by atoms with Crippen LogP contribution in [0.1, 0.15) is 11.1 Å². The zero-order valence-electron chi connectivity index (χ0n) is 12.2. The van der Waals surface area contributed by atoms with Gasteiger partial charge in [-0.2, -0.15) is 0 Å². The topological polar surface area (TPSA) is 81.4 Å². The molecule has 0 saturated heterocycles. The lowest BCUT2D eigenvalue weighted by Crippen LogP contribution is -2.25. The van der Waals surface area contributed by atoms with E-state index >= 15 is 0 Å². The third-order valence-electron chi connectivity index (χ3n) is 3.81. The van der Waals surface area contributed by atoms with E-state index in [1.165, 1.54) is 0 Å². The number of sulfonamides is 1. The fourth-order valence-electron chi connectivity index (χ4n) is 2.62. The van der Waals surface area contributed by atoms with Gasteiger partial charge in [0.15, 0.2) is 0 Å². The Morgan fingerprint density at radius 2 is 2.05 bits per heavy atom. The Morgan fingerprint density at radius 3 is 2.82 bits per heavy atom. The fraction of sp³-hybridized carbons (Fsp3) is 0.200. The summed E-state index contributed by atoms with van der Waals surface area (Å²) in [6, 6.07) is 12.2. The van der Waals surface area contributed by atoms with Crippen LogP contribution in [0.2, 0.25) is 6.82 Å². The first-order valence-electron chi connectivity index (χ1n) is 7.06. The lowest BCUT2D eigenvalue weighted by atomic mass is 9.64. The highest BCUT2D eigenvalue weighted by Gasteiger charge is 2.24. The summed E-state index contributed by atoms with van der Waals surface area (Å²) >= 11 is 0. The first-order chi connectivity index (χ1) is 10.5. The van der Waals surface area contributed by atoms with Crippen LogP contribution < -0.4 is 15.9 Å². The minimum absolute atomic E-state index is 0.0178. The Hall–Kier alpha value is -1.83. The second kappa shape index (κ2) is 5.76. The van der Waals surface area contributed by atoms with Gasteiger partial charge in [-0.05, 0) is 34.8 Å². The van der Waals surface area contributed by atoms with E-state index in [9.17, 15) is 8.42 Å². The molecule has 0 radical (unpaired) electrons. The molecule has 0 atom stereocenters. The Morgan fingerprint density at radius 1 is 1.27 bits per heavy atom. The monoisotopic (exact) mass is 316 g/mol. The maximum atomic E-state index is 12.6. The lowest BCUT2D eigenvalue weighted by Gasteiger charge is -2.12. The van der Waals surface area contributed by atoms with Crippen LogP contribution in [0.5, 0.6) is 0 Å². The molecule has 0 aromatic heterocycles. The molecule has 1 aliphatic heterocycles. The molecule has 0 unspecified atom stereocenters. The number of hydrogen-bond donors (Lipinski definition) is 2. The molecule has 2 aromatic carbocycles. The van der Waals surface area contributed by atoms with Crippen LogP contribution in [-0.2, 0) is 27.8 Å². The van der Waals surface area contributed by atoms with Gasteiger partial charge in [-0.25, -0.2) is 8.42 Å². The molecule has 0 fully saturated rings. The summed E-state index contributed by atoms with van der Waals surface area (Å²) in [5.74, 6) is 0. The molecule has 0 saturated carbocycles. The van der Waals surface area contributed by atoms with E-state index in [2.05, 4.69) is 4.72 Å². The van der Waals surface area contributed by atoms with Gasteiger partial charge in [-0.15, -0.1) is 0 Å². The highest BCUT2D eigenvalue weighted by atomic mass is 32.2. The number of benzene rings is 2. The molecule has 3 N–H and O–H groups in total. The molecular weight excluding hydrogens is 299 g/mol. The van der Waals surface area contributed by atoms with Gasteiger partial charge in [0.05, 0.1) is 11.5 Å². The Balaban J connectivity index is 1.94. The second-order valence-electron chi connectivity index (χ2n) is 5.28. The number of hydrogen-bond acceptors (Lipinski definition) is 4. The summed E-state index contributed by atoms with van der Waals surface area (Å²) in [5.41, 5.74) is 8.86. The lowest BCUT2D eigenvalue weighted by molar-refractivity contribution is 0.333. The largest absolute Gasteiger partial charge is 0.427 e. The van der Waals surface area contributed by atoms with E-state index < -0.39 is 10.0 Å². The molecule has 0 amide bonds. The van der Waals surface area contributed by atoms with Crippen molar-refractivity contribution >= 4 is 28.1 Å². The molecule has 7 heteroatoms. The number of rotatable bonds is 4. The minimum Gasteiger partial charge on any atom is -0.427 e. The molecule has 22 heavy (non-hydrogen) atoms. The van der Waals surface area contributed by atoms with Crippen molar-refractivity contribution in [3.63, 3.8) is 0 Å². The third-order valence-corrected chi connectivity index (χ3v) is 5.29. The Bertz CT molecular complexity index is 808. The van der Waals surface area contributed by atoms with Crippen molar-refractivity contribution in [3.05, 3.63) is 53.6 Å². The first kappa shape index (κ1) is 15.1. The molecule has 0 spiro atoms. The number of nitrogens with two attached hydrogens (primary N) is 1. The van der Waals surface area contributed by atoms with Gasteiger partial charge in [0.1, 0.15) is 0 Å². The summed E-state index contributed by atoms with van der Waals surface area (Å²) in [5, 5.41) is 0. The summed E-state index contributed by atoms with van der Waals surface area (Å²) in [4.78, 5) is 0.210. The van der Waals surface area contributed by atoms with E-state index in [-0.39, 0.29) is 18.4 Å². The number of fused-ring (bicyclic) bond motifs is 1. The zero-order chi connectivity index (χ0) is 15.7. The molecule has 0 bridgehead atoms. The summed E-state index contributed by atoms with van der Waals surface area (Å²) in [6.07, 6.45) is 0. The fourth-order valence-corrected chi connectivity index (χ4v) is 3.92. The average Bonchev–Trinajstić information content (AvgIpc) is 2.88. The quantitative estimate of drug-likeness (QED) is 0.833. The van der Waals surface area contributed by atoms with Gasteiger partial charge >= 0.3 is 6.92 Å². The van der Waals surface area contributed by atoms with Crippen LogP contribution in [0.3, 0.4) is 0 Å². The molecule has 1 aliphatic rings. The third kappa shape index (κ3) is 2.75. The number of nitrogens with one attached hydrogen (secondary N) is 1. The molecule has 3 rings (SSSR count). The molecule has 1 heterocycles. The van der Waals surface area contributed by atoms with E-state index in [0.29, 0.717) is 17.9 Å². The molecule has 2 aromatic rings. The Labute approximate surface area is 130 Å². The van der Waals surface area contributed by atoms with Gasteiger partial charge in [-0.3, -0.25) is 4.72 Å². The van der Waals surface area contributed by atoms with Crippen LogP contribution in [0.4, 0.5) is 5.69 Å². The minimum atomic E-state index is -3.66. The van der Waals surface area contributed by atoms with Crippen LogP contribution in [0.25, 0.3) is 0 Å². The van der Waals surface area contributed by atoms with Gasteiger partial charge in [0, 0.05) is 12.2 Å².